The van der Waals surface area contributed by atoms with Gasteiger partial charge in [0, 0.05) is 19.8 Å². The summed E-state index contributed by atoms with van der Waals surface area (Å²) in [5, 5.41) is 0. The van der Waals surface area contributed by atoms with Crippen molar-refractivity contribution >= 4 is 11.6 Å². The zero-order valence-corrected chi connectivity index (χ0v) is 10.7. The quantitative estimate of drug-likeness (QED) is 0.772. The lowest BCUT2D eigenvalue weighted by atomic mass is 9.83. The molecule has 0 radical (unpaired) electrons. The Morgan fingerprint density at radius 2 is 1.95 bits per heavy atom. The van der Waals surface area contributed by atoms with Gasteiger partial charge in [0.15, 0.2) is 17.3 Å². The Bertz CT molecular complexity index is 637. The highest BCUT2D eigenvalue weighted by atomic mass is 16.3. The normalized spacial score (nSPS) is 18.2. The molecule has 0 bridgehead atoms. The molecule has 3 heteroatoms. The van der Waals surface area contributed by atoms with Gasteiger partial charge in [0.05, 0.1) is 5.56 Å². The van der Waals surface area contributed by atoms with Gasteiger partial charge in [0.2, 0.25) is 0 Å². The number of benzene rings is 1. The third-order valence-corrected chi connectivity index (χ3v) is 3.59. The van der Waals surface area contributed by atoms with Crippen LogP contribution >= 0.6 is 0 Å². The van der Waals surface area contributed by atoms with Gasteiger partial charge in [0.1, 0.15) is 5.76 Å². The SMILES string of the molecule is CC(=O)c1cc2c(o1)CC(c1ccccc1)CC2=O. The molecular formula is C16H14O3. The zero-order chi connectivity index (χ0) is 13.4. The van der Waals surface area contributed by atoms with E-state index < -0.39 is 0 Å². The van der Waals surface area contributed by atoms with Crippen molar-refractivity contribution in [2.45, 2.75) is 25.7 Å². The summed E-state index contributed by atoms with van der Waals surface area (Å²) in [6.45, 7) is 1.45. The van der Waals surface area contributed by atoms with E-state index in [1.165, 1.54) is 6.92 Å². The van der Waals surface area contributed by atoms with Crippen molar-refractivity contribution in [3.8, 4) is 0 Å². The summed E-state index contributed by atoms with van der Waals surface area (Å²) >= 11 is 0. The molecule has 96 valence electrons. The molecule has 0 saturated carbocycles. The molecule has 1 unspecified atom stereocenters. The summed E-state index contributed by atoms with van der Waals surface area (Å²) in [5.74, 6) is 0.999. The molecule has 0 amide bonds. The first kappa shape index (κ1) is 11.9. The molecule has 2 aromatic rings. The average Bonchev–Trinajstić information content (AvgIpc) is 2.84. The van der Waals surface area contributed by atoms with Gasteiger partial charge in [-0.2, -0.15) is 0 Å². The van der Waals surface area contributed by atoms with Gasteiger partial charge in [0.25, 0.3) is 0 Å². The number of carbonyl (C=O) groups excluding carboxylic acids is 2. The number of carbonyl (C=O) groups is 2. The standard InChI is InChI=1S/C16H14O3/c1-10(17)15-9-13-14(18)7-12(8-16(13)19-15)11-5-3-2-4-6-11/h2-6,9,12H,7-8H2,1H3. The first-order chi connectivity index (χ1) is 9.15. The maximum absolute atomic E-state index is 12.1. The largest absolute Gasteiger partial charge is 0.457 e. The lowest BCUT2D eigenvalue weighted by molar-refractivity contribution is 0.0953. The van der Waals surface area contributed by atoms with Gasteiger partial charge >= 0.3 is 0 Å². The Labute approximate surface area is 111 Å². The van der Waals surface area contributed by atoms with Crippen molar-refractivity contribution in [2.24, 2.45) is 0 Å². The lowest BCUT2D eigenvalue weighted by Gasteiger charge is -2.20. The number of rotatable bonds is 2. The monoisotopic (exact) mass is 254 g/mol. The second-order valence-corrected chi connectivity index (χ2v) is 4.94. The van der Waals surface area contributed by atoms with Crippen LogP contribution in [0.2, 0.25) is 0 Å². The first-order valence-corrected chi connectivity index (χ1v) is 6.37. The van der Waals surface area contributed by atoms with Crippen LogP contribution < -0.4 is 0 Å². The third kappa shape index (κ3) is 2.12. The molecule has 3 nitrogen and oxygen atoms in total. The summed E-state index contributed by atoms with van der Waals surface area (Å²) < 4.78 is 5.52. The van der Waals surface area contributed by atoms with Crippen molar-refractivity contribution in [3.05, 3.63) is 59.0 Å². The Morgan fingerprint density at radius 1 is 1.21 bits per heavy atom. The molecule has 19 heavy (non-hydrogen) atoms. The van der Waals surface area contributed by atoms with Crippen molar-refractivity contribution < 1.29 is 14.0 Å². The zero-order valence-electron chi connectivity index (χ0n) is 10.7. The highest BCUT2D eigenvalue weighted by Crippen LogP contribution is 2.34. The Balaban J connectivity index is 1.96. The van der Waals surface area contributed by atoms with Gasteiger partial charge in [-0.15, -0.1) is 0 Å². The second-order valence-electron chi connectivity index (χ2n) is 4.94. The fourth-order valence-electron chi connectivity index (χ4n) is 2.58. The van der Waals surface area contributed by atoms with E-state index in [4.69, 9.17) is 4.42 Å². The Kier molecular flexibility index (Phi) is 2.82. The molecule has 0 fully saturated rings. The number of fused-ring (bicyclic) bond motifs is 1. The predicted molar refractivity (Wildman–Crippen MR) is 70.5 cm³/mol. The van der Waals surface area contributed by atoms with E-state index >= 15 is 0 Å². The van der Waals surface area contributed by atoms with Gasteiger partial charge in [-0.25, -0.2) is 0 Å². The highest BCUT2D eigenvalue weighted by molar-refractivity contribution is 6.01. The summed E-state index contributed by atoms with van der Waals surface area (Å²) in [5.41, 5.74) is 1.72. The molecule has 1 aliphatic rings. The van der Waals surface area contributed by atoms with Crippen LogP contribution in [0.4, 0.5) is 0 Å². The topological polar surface area (TPSA) is 47.3 Å². The molecule has 1 heterocycles. The summed E-state index contributed by atoms with van der Waals surface area (Å²) in [4.78, 5) is 23.5. The number of hydrogen-bond acceptors (Lipinski definition) is 3. The van der Waals surface area contributed by atoms with E-state index in [1.54, 1.807) is 6.07 Å². The van der Waals surface area contributed by atoms with E-state index in [2.05, 4.69) is 0 Å². The van der Waals surface area contributed by atoms with E-state index in [0.29, 0.717) is 24.2 Å². The van der Waals surface area contributed by atoms with Gasteiger partial charge in [-0.05, 0) is 17.5 Å². The Morgan fingerprint density at radius 3 is 2.63 bits per heavy atom. The smallest absolute Gasteiger partial charge is 0.194 e. The van der Waals surface area contributed by atoms with Crippen molar-refractivity contribution in [2.75, 3.05) is 0 Å². The van der Waals surface area contributed by atoms with E-state index in [9.17, 15) is 9.59 Å². The van der Waals surface area contributed by atoms with Crippen molar-refractivity contribution in [1.29, 1.82) is 0 Å². The molecule has 1 aromatic heterocycles. The van der Waals surface area contributed by atoms with Crippen LogP contribution in [0, 0.1) is 0 Å². The van der Waals surface area contributed by atoms with Crippen LogP contribution in [0.3, 0.4) is 0 Å². The van der Waals surface area contributed by atoms with Crippen LogP contribution in [0.25, 0.3) is 0 Å². The second kappa shape index (κ2) is 4.50. The first-order valence-electron chi connectivity index (χ1n) is 6.37. The highest BCUT2D eigenvalue weighted by Gasteiger charge is 2.30. The minimum atomic E-state index is -0.140. The number of ketones is 2. The van der Waals surface area contributed by atoms with Crippen molar-refractivity contribution in [1.82, 2.24) is 0 Å². The van der Waals surface area contributed by atoms with Gasteiger partial charge in [-0.1, -0.05) is 30.3 Å². The Hall–Kier alpha value is -2.16. The molecule has 0 saturated heterocycles. The van der Waals surface area contributed by atoms with Crippen LogP contribution in [-0.2, 0) is 6.42 Å². The minimum absolute atomic E-state index is 0.0614. The van der Waals surface area contributed by atoms with Crippen molar-refractivity contribution in [3.63, 3.8) is 0 Å². The average molecular weight is 254 g/mol. The fraction of sp³-hybridized carbons (Fsp3) is 0.250. The van der Waals surface area contributed by atoms with Gasteiger partial charge < -0.3 is 4.42 Å². The molecule has 1 aromatic carbocycles. The van der Waals surface area contributed by atoms with E-state index in [0.717, 1.165) is 5.56 Å². The predicted octanol–water partition coefficient (Wildman–Crippen LogP) is 3.39. The summed E-state index contributed by atoms with van der Waals surface area (Å²) in [6, 6.07) is 11.5. The number of Topliss-reactive ketones (excluding diaryl/α,β-unsaturated/α-hetero) is 2. The fourth-order valence-corrected chi connectivity index (χ4v) is 2.58. The number of furan rings is 1. The molecule has 0 spiro atoms. The maximum Gasteiger partial charge on any atom is 0.194 e. The van der Waals surface area contributed by atoms with Crippen LogP contribution in [0.1, 0.15) is 51.5 Å². The molecule has 0 N–H and O–H groups in total. The minimum Gasteiger partial charge on any atom is -0.457 e. The van der Waals surface area contributed by atoms with E-state index in [-0.39, 0.29) is 23.2 Å². The molecule has 3 rings (SSSR count). The third-order valence-electron chi connectivity index (χ3n) is 3.59. The maximum atomic E-state index is 12.1. The molecule has 1 atom stereocenters. The lowest BCUT2D eigenvalue weighted by Crippen LogP contribution is -2.17. The summed E-state index contributed by atoms with van der Waals surface area (Å²) in [6.07, 6.45) is 1.16. The van der Waals surface area contributed by atoms with Crippen LogP contribution in [0.15, 0.2) is 40.8 Å². The van der Waals surface area contributed by atoms with Gasteiger partial charge in [-0.3, -0.25) is 9.59 Å². The van der Waals surface area contributed by atoms with E-state index in [1.807, 2.05) is 30.3 Å². The van der Waals surface area contributed by atoms with Crippen LogP contribution in [-0.4, -0.2) is 11.6 Å². The molecule has 0 aliphatic heterocycles. The molecular weight excluding hydrogens is 240 g/mol. The van der Waals surface area contributed by atoms with Crippen LogP contribution in [0.5, 0.6) is 0 Å². The number of hydrogen-bond donors (Lipinski definition) is 0. The summed E-state index contributed by atoms with van der Waals surface area (Å²) in [7, 11) is 0. The molecule has 1 aliphatic carbocycles.